The van der Waals surface area contributed by atoms with Gasteiger partial charge in [0.15, 0.2) is 0 Å². The lowest BCUT2D eigenvalue weighted by Gasteiger charge is -2.11. The van der Waals surface area contributed by atoms with Crippen molar-refractivity contribution >= 4 is 23.4 Å². The minimum Gasteiger partial charge on any atom is -0.325 e. The van der Waals surface area contributed by atoms with Gasteiger partial charge in [-0.1, -0.05) is 13.0 Å². The average molecular weight is 250 g/mol. The monoisotopic (exact) mass is 250 g/mol. The molecule has 1 aliphatic heterocycles. The summed E-state index contributed by atoms with van der Waals surface area (Å²) in [7, 11) is 0. The van der Waals surface area contributed by atoms with Gasteiger partial charge in [0, 0.05) is 10.6 Å². The number of carbonyl (C=O) groups is 1. The molecule has 1 unspecified atom stereocenters. The molecule has 1 saturated heterocycles. The summed E-state index contributed by atoms with van der Waals surface area (Å²) >= 11 is 1.78. The first-order chi connectivity index (χ1) is 8.29. The molecule has 0 radical (unpaired) electrons. The molecule has 0 bridgehead atoms. The molecule has 1 aromatic rings. The third kappa shape index (κ3) is 3.48. The summed E-state index contributed by atoms with van der Waals surface area (Å²) in [6.07, 6.45) is 2.03. The predicted molar refractivity (Wildman–Crippen MR) is 72.5 cm³/mol. The van der Waals surface area contributed by atoms with E-state index in [1.54, 1.807) is 11.8 Å². The number of benzene rings is 1. The highest BCUT2D eigenvalue weighted by atomic mass is 32.2. The largest absolute Gasteiger partial charge is 0.325 e. The number of amides is 1. The summed E-state index contributed by atoms with van der Waals surface area (Å²) in [6, 6.07) is 8.00. The minimum absolute atomic E-state index is 0.0162. The molecule has 3 nitrogen and oxygen atoms in total. The fourth-order valence-corrected chi connectivity index (χ4v) is 2.69. The van der Waals surface area contributed by atoms with E-state index in [-0.39, 0.29) is 11.9 Å². The smallest absolute Gasteiger partial charge is 0.241 e. The number of hydrogen-bond donors (Lipinski definition) is 2. The number of nitrogens with one attached hydrogen (secondary N) is 2. The van der Waals surface area contributed by atoms with E-state index < -0.39 is 0 Å². The highest BCUT2D eigenvalue weighted by molar-refractivity contribution is 7.99. The van der Waals surface area contributed by atoms with Gasteiger partial charge < -0.3 is 10.6 Å². The zero-order chi connectivity index (χ0) is 12.1. The molecule has 1 aromatic carbocycles. The van der Waals surface area contributed by atoms with Crippen LogP contribution in [0.15, 0.2) is 29.2 Å². The van der Waals surface area contributed by atoms with E-state index in [0.717, 1.165) is 30.8 Å². The van der Waals surface area contributed by atoms with Crippen molar-refractivity contribution < 1.29 is 4.79 Å². The standard InChI is InChI=1S/C13H18N2OS/c1-2-17-11-6-3-5-10(9-11)15-13(16)12-7-4-8-14-12/h3,5-6,9,12,14H,2,4,7-8H2,1H3,(H,15,16). The minimum atomic E-state index is -0.0162. The van der Waals surface area contributed by atoms with Gasteiger partial charge in [0.1, 0.15) is 0 Å². The molecule has 0 aliphatic carbocycles. The fourth-order valence-electron chi connectivity index (χ4n) is 1.97. The maximum atomic E-state index is 11.9. The molecule has 0 aromatic heterocycles. The van der Waals surface area contributed by atoms with E-state index >= 15 is 0 Å². The molecular weight excluding hydrogens is 232 g/mol. The third-order valence-corrected chi connectivity index (χ3v) is 3.67. The van der Waals surface area contributed by atoms with Crippen LogP contribution in [0.3, 0.4) is 0 Å². The van der Waals surface area contributed by atoms with Crippen molar-refractivity contribution in [2.75, 3.05) is 17.6 Å². The molecule has 92 valence electrons. The molecule has 17 heavy (non-hydrogen) atoms. The molecule has 0 saturated carbocycles. The van der Waals surface area contributed by atoms with Gasteiger partial charge in [-0.05, 0) is 43.3 Å². The highest BCUT2D eigenvalue weighted by Gasteiger charge is 2.21. The van der Waals surface area contributed by atoms with Crippen molar-refractivity contribution in [1.82, 2.24) is 5.32 Å². The van der Waals surface area contributed by atoms with Crippen molar-refractivity contribution in [3.05, 3.63) is 24.3 Å². The maximum Gasteiger partial charge on any atom is 0.241 e. The normalized spacial score (nSPS) is 19.2. The Morgan fingerprint density at radius 2 is 2.47 bits per heavy atom. The van der Waals surface area contributed by atoms with Crippen LogP contribution in [0.2, 0.25) is 0 Å². The highest BCUT2D eigenvalue weighted by Crippen LogP contribution is 2.21. The first kappa shape index (κ1) is 12.5. The summed E-state index contributed by atoms with van der Waals surface area (Å²) < 4.78 is 0. The van der Waals surface area contributed by atoms with Crippen molar-refractivity contribution in [3.63, 3.8) is 0 Å². The SMILES string of the molecule is CCSc1cccc(NC(=O)C2CCCN2)c1. The number of hydrogen-bond acceptors (Lipinski definition) is 3. The van der Waals surface area contributed by atoms with Crippen molar-refractivity contribution in [2.24, 2.45) is 0 Å². The summed E-state index contributed by atoms with van der Waals surface area (Å²) in [5.41, 5.74) is 0.891. The van der Waals surface area contributed by atoms with Crippen molar-refractivity contribution in [3.8, 4) is 0 Å². The van der Waals surface area contributed by atoms with E-state index in [0.29, 0.717) is 0 Å². The van der Waals surface area contributed by atoms with Gasteiger partial charge in [0.25, 0.3) is 0 Å². The lowest BCUT2D eigenvalue weighted by molar-refractivity contribution is -0.117. The number of carbonyl (C=O) groups excluding carboxylic acids is 1. The molecule has 1 aliphatic rings. The van der Waals surface area contributed by atoms with Crippen LogP contribution in [0.4, 0.5) is 5.69 Å². The van der Waals surface area contributed by atoms with Gasteiger partial charge in [-0.15, -0.1) is 11.8 Å². The zero-order valence-corrected chi connectivity index (χ0v) is 10.8. The Morgan fingerprint density at radius 3 is 3.18 bits per heavy atom. The second-order valence-corrected chi connectivity index (χ2v) is 5.44. The lowest BCUT2D eigenvalue weighted by Crippen LogP contribution is -2.35. The van der Waals surface area contributed by atoms with E-state index in [2.05, 4.69) is 23.6 Å². The van der Waals surface area contributed by atoms with Gasteiger partial charge in [-0.25, -0.2) is 0 Å². The van der Waals surface area contributed by atoms with Crippen LogP contribution in [0, 0.1) is 0 Å². The predicted octanol–water partition coefficient (Wildman–Crippen LogP) is 2.49. The molecule has 1 atom stereocenters. The molecule has 1 heterocycles. The van der Waals surface area contributed by atoms with Crippen molar-refractivity contribution in [1.29, 1.82) is 0 Å². The van der Waals surface area contributed by atoms with E-state index in [4.69, 9.17) is 0 Å². The second kappa shape index (κ2) is 6.07. The lowest BCUT2D eigenvalue weighted by atomic mass is 10.2. The van der Waals surface area contributed by atoms with E-state index in [1.807, 2.05) is 18.2 Å². The summed E-state index contributed by atoms with van der Waals surface area (Å²) in [6.45, 7) is 3.07. The quantitative estimate of drug-likeness (QED) is 0.807. The first-order valence-corrected chi connectivity index (χ1v) is 7.05. The van der Waals surface area contributed by atoms with Gasteiger partial charge in [-0.3, -0.25) is 4.79 Å². The molecule has 2 rings (SSSR count). The van der Waals surface area contributed by atoms with Crippen LogP contribution in [-0.2, 0) is 4.79 Å². The summed E-state index contributed by atoms with van der Waals surface area (Å²) in [5, 5.41) is 6.17. The van der Waals surface area contributed by atoms with Gasteiger partial charge in [-0.2, -0.15) is 0 Å². The van der Waals surface area contributed by atoms with Crippen LogP contribution in [0.25, 0.3) is 0 Å². The molecule has 1 fully saturated rings. The third-order valence-electron chi connectivity index (χ3n) is 2.79. The maximum absolute atomic E-state index is 11.9. The molecule has 4 heteroatoms. The number of thioether (sulfide) groups is 1. The first-order valence-electron chi connectivity index (χ1n) is 6.06. The molecule has 0 spiro atoms. The Labute approximate surface area is 106 Å². The molecule has 1 amide bonds. The van der Waals surface area contributed by atoms with E-state index in [1.165, 1.54) is 4.90 Å². The Hall–Kier alpha value is -1.00. The van der Waals surface area contributed by atoms with Gasteiger partial charge in [0.2, 0.25) is 5.91 Å². The topological polar surface area (TPSA) is 41.1 Å². The van der Waals surface area contributed by atoms with Crippen LogP contribution in [0.5, 0.6) is 0 Å². The molecular formula is C13H18N2OS. The van der Waals surface area contributed by atoms with Crippen LogP contribution >= 0.6 is 11.8 Å². The van der Waals surface area contributed by atoms with Crippen LogP contribution in [0.1, 0.15) is 19.8 Å². The Balaban J connectivity index is 1.97. The Morgan fingerprint density at radius 1 is 1.59 bits per heavy atom. The van der Waals surface area contributed by atoms with Gasteiger partial charge in [0.05, 0.1) is 6.04 Å². The Bertz CT molecular complexity index is 389. The second-order valence-electron chi connectivity index (χ2n) is 4.10. The number of rotatable bonds is 4. The zero-order valence-electron chi connectivity index (χ0n) is 10.0. The summed E-state index contributed by atoms with van der Waals surface area (Å²) in [4.78, 5) is 13.1. The summed E-state index contributed by atoms with van der Waals surface area (Å²) in [5.74, 6) is 1.13. The van der Waals surface area contributed by atoms with Crippen LogP contribution in [-0.4, -0.2) is 24.2 Å². The van der Waals surface area contributed by atoms with E-state index in [9.17, 15) is 4.79 Å². The fraction of sp³-hybridized carbons (Fsp3) is 0.462. The number of anilines is 1. The molecule has 2 N–H and O–H groups in total. The van der Waals surface area contributed by atoms with Gasteiger partial charge >= 0.3 is 0 Å². The van der Waals surface area contributed by atoms with Crippen LogP contribution < -0.4 is 10.6 Å². The van der Waals surface area contributed by atoms with Crippen molar-refractivity contribution in [2.45, 2.75) is 30.7 Å². The Kier molecular flexibility index (Phi) is 4.45. The average Bonchev–Trinajstić information content (AvgIpc) is 2.83.